The van der Waals surface area contributed by atoms with Crippen LogP contribution in [0.5, 0.6) is 0 Å². The summed E-state index contributed by atoms with van der Waals surface area (Å²) in [7, 11) is 1.60. The average Bonchev–Trinajstić information content (AvgIpc) is 3.00. The maximum absolute atomic E-state index is 11.9. The van der Waals surface area contributed by atoms with Gasteiger partial charge in [0.05, 0.1) is 32.8 Å². The normalized spacial score (nSPS) is 18.4. The van der Waals surface area contributed by atoms with E-state index in [9.17, 15) is 14.4 Å². The fourth-order valence-electron chi connectivity index (χ4n) is 3.03. The van der Waals surface area contributed by atoms with Crippen LogP contribution < -0.4 is 16.0 Å². The Labute approximate surface area is 165 Å². The lowest BCUT2D eigenvalue weighted by Gasteiger charge is -2.36. The Morgan fingerprint density at radius 1 is 1.21 bits per heavy atom. The van der Waals surface area contributed by atoms with E-state index < -0.39 is 0 Å². The number of nitrogens with zero attached hydrogens (tertiary/aromatic N) is 4. The molecule has 0 radical (unpaired) electrons. The molecule has 2 fully saturated rings. The second-order valence-corrected chi connectivity index (χ2v) is 6.55. The molecular formula is C17H31N7O4. The van der Waals surface area contributed by atoms with Crippen LogP contribution in [0.4, 0.5) is 4.79 Å². The summed E-state index contributed by atoms with van der Waals surface area (Å²) in [5.74, 6) is 0.543. The van der Waals surface area contributed by atoms with Crippen LogP contribution in [0.2, 0.25) is 0 Å². The first-order valence-corrected chi connectivity index (χ1v) is 9.64. The van der Waals surface area contributed by atoms with Gasteiger partial charge in [-0.2, -0.15) is 0 Å². The number of urea groups is 1. The van der Waals surface area contributed by atoms with E-state index in [0.717, 1.165) is 38.7 Å². The summed E-state index contributed by atoms with van der Waals surface area (Å²) in [6.45, 7) is 7.81. The van der Waals surface area contributed by atoms with Crippen molar-refractivity contribution in [1.29, 1.82) is 0 Å². The number of amides is 4. The first kappa shape index (κ1) is 21.9. The minimum Gasteiger partial charge on any atom is -0.383 e. The van der Waals surface area contributed by atoms with Crippen LogP contribution in [-0.4, -0.2) is 118 Å². The molecule has 2 aliphatic rings. The topological polar surface area (TPSA) is 119 Å². The zero-order chi connectivity index (χ0) is 20.4. The second kappa shape index (κ2) is 11.4. The Bertz CT molecular complexity index is 560. The lowest BCUT2D eigenvalue weighted by atomic mass is 10.3. The zero-order valence-electron chi connectivity index (χ0n) is 16.7. The molecule has 0 aromatic rings. The monoisotopic (exact) mass is 397 g/mol. The van der Waals surface area contributed by atoms with Gasteiger partial charge >= 0.3 is 6.03 Å². The van der Waals surface area contributed by atoms with Crippen LogP contribution in [0.15, 0.2) is 4.99 Å². The molecule has 2 heterocycles. The average molecular weight is 397 g/mol. The predicted octanol–water partition coefficient (Wildman–Crippen LogP) is -2.12. The molecule has 2 rings (SSSR count). The van der Waals surface area contributed by atoms with Crippen LogP contribution in [0.3, 0.4) is 0 Å². The van der Waals surface area contributed by atoms with Crippen LogP contribution in [0.25, 0.3) is 0 Å². The van der Waals surface area contributed by atoms with E-state index in [4.69, 9.17) is 4.74 Å². The number of carbonyl (C=O) groups is 3. The highest BCUT2D eigenvalue weighted by Gasteiger charge is 2.28. The summed E-state index contributed by atoms with van der Waals surface area (Å²) in [5.41, 5.74) is 0. The van der Waals surface area contributed by atoms with E-state index in [1.165, 1.54) is 4.90 Å². The van der Waals surface area contributed by atoms with E-state index in [-0.39, 0.29) is 30.9 Å². The van der Waals surface area contributed by atoms with Crippen molar-refractivity contribution in [2.45, 2.75) is 6.92 Å². The third-order valence-corrected chi connectivity index (χ3v) is 4.52. The third kappa shape index (κ3) is 6.64. The van der Waals surface area contributed by atoms with Crippen molar-refractivity contribution in [2.75, 3.05) is 79.2 Å². The Hall–Kier alpha value is -2.40. The van der Waals surface area contributed by atoms with Gasteiger partial charge in [-0.05, 0) is 6.92 Å². The van der Waals surface area contributed by atoms with Crippen molar-refractivity contribution in [1.82, 2.24) is 30.7 Å². The number of methoxy groups -OCH3 is 1. The lowest BCUT2D eigenvalue weighted by Crippen LogP contribution is -2.54. The van der Waals surface area contributed by atoms with Crippen molar-refractivity contribution in [2.24, 2.45) is 4.99 Å². The molecule has 0 aromatic carbocycles. The molecule has 3 N–H and O–H groups in total. The number of carbonyl (C=O) groups excluding carboxylic acids is 3. The molecule has 0 aliphatic carbocycles. The van der Waals surface area contributed by atoms with E-state index >= 15 is 0 Å². The molecule has 2 saturated heterocycles. The molecule has 11 nitrogen and oxygen atoms in total. The first-order chi connectivity index (χ1) is 13.5. The van der Waals surface area contributed by atoms with Crippen LogP contribution in [-0.2, 0) is 14.3 Å². The van der Waals surface area contributed by atoms with Crippen molar-refractivity contribution in [3.63, 3.8) is 0 Å². The minimum absolute atomic E-state index is 0.000342. The Morgan fingerprint density at radius 2 is 1.96 bits per heavy atom. The maximum Gasteiger partial charge on any atom is 0.324 e. The number of hydrogen-bond acceptors (Lipinski definition) is 6. The highest BCUT2D eigenvalue weighted by molar-refractivity contribution is 6.01. The largest absolute Gasteiger partial charge is 0.383 e. The van der Waals surface area contributed by atoms with Gasteiger partial charge in [0.15, 0.2) is 5.96 Å². The standard InChI is InChI=1S/C17H31N7O4/c1-3-18-16(20-4-6-24-15(26)12-21-17(24)27)23-9-7-22(8-10-23)13-14(25)19-5-11-28-2/h3-13H2,1-2H3,(H,18,20)(H,19,25)(H,21,27). The Morgan fingerprint density at radius 3 is 2.57 bits per heavy atom. The summed E-state index contributed by atoms with van der Waals surface area (Å²) in [5, 5.41) is 8.58. The highest BCUT2D eigenvalue weighted by Crippen LogP contribution is 2.03. The molecule has 0 unspecified atom stereocenters. The van der Waals surface area contributed by atoms with Gasteiger partial charge in [0.1, 0.15) is 0 Å². The second-order valence-electron chi connectivity index (χ2n) is 6.55. The molecule has 0 bridgehead atoms. The number of rotatable bonds is 9. The predicted molar refractivity (Wildman–Crippen MR) is 104 cm³/mol. The van der Waals surface area contributed by atoms with Crippen molar-refractivity contribution < 1.29 is 19.1 Å². The van der Waals surface area contributed by atoms with E-state index in [1.807, 2.05) is 6.92 Å². The summed E-state index contributed by atoms with van der Waals surface area (Å²) >= 11 is 0. The number of aliphatic imine (C=N–C) groups is 1. The van der Waals surface area contributed by atoms with Crippen molar-refractivity contribution in [3.8, 4) is 0 Å². The Balaban J connectivity index is 1.77. The van der Waals surface area contributed by atoms with E-state index in [1.54, 1.807) is 7.11 Å². The van der Waals surface area contributed by atoms with E-state index in [0.29, 0.717) is 26.2 Å². The smallest absolute Gasteiger partial charge is 0.324 e. The number of imide groups is 1. The molecule has 11 heteroatoms. The fraction of sp³-hybridized carbons (Fsp3) is 0.765. The SMILES string of the molecule is CCNC(=NCCN1C(=O)CNC1=O)N1CCN(CC(=O)NCCOC)CC1. The lowest BCUT2D eigenvalue weighted by molar-refractivity contribution is -0.125. The van der Waals surface area contributed by atoms with Gasteiger partial charge in [0, 0.05) is 46.4 Å². The molecule has 0 spiro atoms. The highest BCUT2D eigenvalue weighted by atomic mass is 16.5. The van der Waals surface area contributed by atoms with Crippen LogP contribution in [0, 0.1) is 0 Å². The van der Waals surface area contributed by atoms with Gasteiger partial charge in [-0.15, -0.1) is 0 Å². The van der Waals surface area contributed by atoms with Crippen molar-refractivity contribution in [3.05, 3.63) is 0 Å². The summed E-state index contributed by atoms with van der Waals surface area (Å²) < 4.78 is 4.92. The summed E-state index contributed by atoms with van der Waals surface area (Å²) in [6.07, 6.45) is 0. The molecular weight excluding hydrogens is 366 g/mol. The molecule has 0 aromatic heterocycles. The van der Waals surface area contributed by atoms with Crippen LogP contribution in [0.1, 0.15) is 6.92 Å². The van der Waals surface area contributed by atoms with Gasteiger partial charge in [-0.1, -0.05) is 0 Å². The molecule has 28 heavy (non-hydrogen) atoms. The van der Waals surface area contributed by atoms with Crippen molar-refractivity contribution >= 4 is 23.8 Å². The maximum atomic E-state index is 11.9. The number of hydrogen-bond donors (Lipinski definition) is 3. The van der Waals surface area contributed by atoms with Gasteiger partial charge in [0.25, 0.3) is 0 Å². The zero-order valence-corrected chi connectivity index (χ0v) is 16.7. The molecule has 4 amide bonds. The van der Waals surface area contributed by atoms with Gasteiger partial charge in [0.2, 0.25) is 11.8 Å². The van der Waals surface area contributed by atoms with Crippen LogP contribution >= 0.6 is 0 Å². The molecule has 2 aliphatic heterocycles. The number of guanidine groups is 1. The van der Waals surface area contributed by atoms with Gasteiger partial charge < -0.3 is 25.6 Å². The Kier molecular flexibility index (Phi) is 8.95. The molecule has 0 atom stereocenters. The third-order valence-electron chi connectivity index (χ3n) is 4.52. The van der Waals surface area contributed by atoms with E-state index in [2.05, 4.69) is 30.7 Å². The first-order valence-electron chi connectivity index (χ1n) is 9.64. The van der Waals surface area contributed by atoms with Gasteiger partial charge in [-0.25, -0.2) is 4.79 Å². The number of nitrogens with one attached hydrogen (secondary N) is 3. The number of ether oxygens (including phenoxy) is 1. The molecule has 0 saturated carbocycles. The summed E-state index contributed by atoms with van der Waals surface area (Å²) in [6, 6.07) is -0.359. The number of piperazine rings is 1. The minimum atomic E-state index is -0.359. The fourth-order valence-corrected chi connectivity index (χ4v) is 3.03. The molecule has 158 valence electrons. The summed E-state index contributed by atoms with van der Waals surface area (Å²) in [4.78, 5) is 45.1. The van der Waals surface area contributed by atoms with Gasteiger partial charge in [-0.3, -0.25) is 24.4 Å². The quantitative estimate of drug-likeness (QED) is 0.176.